The van der Waals surface area contributed by atoms with E-state index in [0.29, 0.717) is 17.7 Å². The maximum Gasteiger partial charge on any atom is 0.255 e. The van der Waals surface area contributed by atoms with E-state index in [2.05, 4.69) is 10.3 Å². The number of aliphatic hydroxyl groups is 1. The van der Waals surface area contributed by atoms with Gasteiger partial charge in [0.1, 0.15) is 5.75 Å². The molecule has 1 unspecified atom stereocenters. The van der Waals surface area contributed by atoms with Crippen LogP contribution in [0.15, 0.2) is 18.5 Å². The second kappa shape index (κ2) is 6.07. The summed E-state index contributed by atoms with van der Waals surface area (Å²) in [5.41, 5.74) is 0.447. The van der Waals surface area contributed by atoms with Gasteiger partial charge in [0, 0.05) is 18.8 Å². The van der Waals surface area contributed by atoms with Gasteiger partial charge in [-0.2, -0.15) is 0 Å². The van der Waals surface area contributed by atoms with E-state index in [1.165, 1.54) is 19.5 Å². The van der Waals surface area contributed by atoms with Gasteiger partial charge in [0.15, 0.2) is 0 Å². The number of methoxy groups -OCH3 is 1. The molecule has 1 atom stereocenters. The van der Waals surface area contributed by atoms with Crippen LogP contribution in [0.4, 0.5) is 0 Å². The number of hydrogen-bond acceptors (Lipinski definition) is 4. The van der Waals surface area contributed by atoms with Gasteiger partial charge < -0.3 is 15.2 Å². The van der Waals surface area contributed by atoms with Gasteiger partial charge in [0.25, 0.3) is 5.91 Å². The number of carbonyl (C=O) groups is 1. The molecule has 5 nitrogen and oxygen atoms in total. The summed E-state index contributed by atoms with van der Waals surface area (Å²) in [6.07, 6.45) is 3.55. The van der Waals surface area contributed by atoms with Crippen molar-refractivity contribution in [3.05, 3.63) is 24.0 Å². The van der Waals surface area contributed by atoms with Crippen molar-refractivity contribution < 1.29 is 14.6 Å². The van der Waals surface area contributed by atoms with E-state index < -0.39 is 0 Å². The topological polar surface area (TPSA) is 71.5 Å². The minimum absolute atomic E-state index is 0.0505. The first-order chi connectivity index (χ1) is 7.69. The molecule has 1 aromatic heterocycles. The molecule has 0 aromatic carbocycles. The molecular weight excluding hydrogens is 208 g/mol. The van der Waals surface area contributed by atoms with Crippen molar-refractivity contribution in [2.75, 3.05) is 13.7 Å². The number of nitrogens with zero attached hydrogens (tertiary/aromatic N) is 1. The molecule has 1 heterocycles. The van der Waals surface area contributed by atoms with Crippen LogP contribution in [0.2, 0.25) is 0 Å². The standard InChI is InChI=1S/C11H16N2O3/c1-8(4-6-14)13-11(15)9-3-5-12-7-10(9)16-2/h3,5,7-8,14H,4,6H2,1-2H3,(H,13,15). The molecule has 0 saturated carbocycles. The molecule has 0 spiro atoms. The van der Waals surface area contributed by atoms with E-state index in [1.807, 2.05) is 6.92 Å². The number of nitrogens with one attached hydrogen (secondary N) is 1. The van der Waals surface area contributed by atoms with Crippen LogP contribution in [0.25, 0.3) is 0 Å². The molecule has 0 radical (unpaired) electrons. The lowest BCUT2D eigenvalue weighted by Crippen LogP contribution is -2.33. The number of aliphatic hydroxyl groups excluding tert-OH is 1. The van der Waals surface area contributed by atoms with Crippen molar-refractivity contribution in [3.8, 4) is 5.75 Å². The average Bonchev–Trinajstić information content (AvgIpc) is 2.29. The SMILES string of the molecule is COc1cnccc1C(=O)NC(C)CCO. The fourth-order valence-electron chi connectivity index (χ4n) is 1.30. The zero-order valence-electron chi connectivity index (χ0n) is 9.43. The molecule has 1 amide bonds. The minimum Gasteiger partial charge on any atom is -0.494 e. The molecule has 16 heavy (non-hydrogen) atoms. The molecule has 0 saturated heterocycles. The third kappa shape index (κ3) is 3.20. The Kier molecular flexibility index (Phi) is 4.72. The Bertz CT molecular complexity index is 355. The van der Waals surface area contributed by atoms with Gasteiger partial charge >= 0.3 is 0 Å². The molecule has 0 aliphatic heterocycles. The van der Waals surface area contributed by atoms with Crippen LogP contribution < -0.4 is 10.1 Å². The fraction of sp³-hybridized carbons (Fsp3) is 0.455. The number of ether oxygens (including phenoxy) is 1. The van der Waals surface area contributed by atoms with Gasteiger partial charge in [0.2, 0.25) is 0 Å². The lowest BCUT2D eigenvalue weighted by atomic mass is 10.2. The molecule has 0 aliphatic carbocycles. The lowest BCUT2D eigenvalue weighted by molar-refractivity contribution is 0.0931. The van der Waals surface area contributed by atoms with Crippen molar-refractivity contribution in [2.24, 2.45) is 0 Å². The maximum atomic E-state index is 11.8. The molecule has 1 aromatic rings. The van der Waals surface area contributed by atoms with Crippen molar-refractivity contribution in [3.63, 3.8) is 0 Å². The number of hydrogen-bond donors (Lipinski definition) is 2. The molecule has 0 fully saturated rings. The number of rotatable bonds is 5. The number of pyridine rings is 1. The highest BCUT2D eigenvalue weighted by atomic mass is 16.5. The average molecular weight is 224 g/mol. The second-order valence-corrected chi connectivity index (χ2v) is 3.46. The highest BCUT2D eigenvalue weighted by Crippen LogP contribution is 2.15. The van der Waals surface area contributed by atoms with Gasteiger partial charge in [-0.15, -0.1) is 0 Å². The zero-order valence-corrected chi connectivity index (χ0v) is 9.43. The summed E-state index contributed by atoms with van der Waals surface area (Å²) in [6.45, 7) is 1.89. The van der Waals surface area contributed by atoms with Crippen LogP contribution >= 0.6 is 0 Å². The Labute approximate surface area is 94.5 Å². The largest absolute Gasteiger partial charge is 0.494 e. The van der Waals surface area contributed by atoms with E-state index in [1.54, 1.807) is 6.07 Å². The molecule has 1 rings (SSSR count). The molecular formula is C11H16N2O3. The van der Waals surface area contributed by atoms with E-state index in [-0.39, 0.29) is 18.6 Å². The third-order valence-electron chi connectivity index (χ3n) is 2.19. The van der Waals surface area contributed by atoms with Crippen LogP contribution in [0, 0.1) is 0 Å². The Hall–Kier alpha value is -1.62. The highest BCUT2D eigenvalue weighted by molar-refractivity contribution is 5.96. The van der Waals surface area contributed by atoms with Crippen LogP contribution in [0.3, 0.4) is 0 Å². The predicted octanol–water partition coefficient (Wildman–Crippen LogP) is 0.591. The second-order valence-electron chi connectivity index (χ2n) is 3.46. The molecule has 0 bridgehead atoms. The summed E-state index contributed by atoms with van der Waals surface area (Å²) in [7, 11) is 1.49. The van der Waals surface area contributed by atoms with E-state index >= 15 is 0 Å². The van der Waals surface area contributed by atoms with Gasteiger partial charge in [0.05, 0.1) is 18.9 Å². The Morgan fingerprint density at radius 2 is 2.44 bits per heavy atom. The maximum absolute atomic E-state index is 11.8. The summed E-state index contributed by atoms with van der Waals surface area (Å²) in [4.78, 5) is 15.7. The first kappa shape index (κ1) is 12.4. The summed E-state index contributed by atoms with van der Waals surface area (Å²) in [5, 5.41) is 11.5. The smallest absolute Gasteiger partial charge is 0.255 e. The quantitative estimate of drug-likeness (QED) is 0.768. The highest BCUT2D eigenvalue weighted by Gasteiger charge is 2.13. The van der Waals surface area contributed by atoms with Gasteiger partial charge in [-0.1, -0.05) is 0 Å². The van der Waals surface area contributed by atoms with E-state index in [9.17, 15) is 4.79 Å². The minimum atomic E-state index is -0.222. The normalized spacial score (nSPS) is 11.9. The monoisotopic (exact) mass is 224 g/mol. The zero-order chi connectivity index (χ0) is 12.0. The summed E-state index contributed by atoms with van der Waals surface area (Å²) in [5.74, 6) is 0.219. The molecule has 5 heteroatoms. The fourth-order valence-corrected chi connectivity index (χ4v) is 1.30. The number of aromatic nitrogens is 1. The van der Waals surface area contributed by atoms with Crippen LogP contribution in [-0.2, 0) is 0 Å². The lowest BCUT2D eigenvalue weighted by Gasteiger charge is -2.13. The number of carbonyl (C=O) groups excluding carboxylic acids is 1. The van der Waals surface area contributed by atoms with Crippen LogP contribution in [0.1, 0.15) is 23.7 Å². The molecule has 2 N–H and O–H groups in total. The Morgan fingerprint density at radius 3 is 3.06 bits per heavy atom. The van der Waals surface area contributed by atoms with Gasteiger partial charge in [-0.05, 0) is 19.4 Å². The first-order valence-corrected chi connectivity index (χ1v) is 5.08. The van der Waals surface area contributed by atoms with Gasteiger partial charge in [-0.3, -0.25) is 9.78 Å². The third-order valence-corrected chi connectivity index (χ3v) is 2.19. The summed E-state index contributed by atoms with van der Waals surface area (Å²) < 4.78 is 5.04. The summed E-state index contributed by atoms with van der Waals surface area (Å²) >= 11 is 0. The Balaban J connectivity index is 2.72. The van der Waals surface area contributed by atoms with Crippen LogP contribution in [-0.4, -0.2) is 35.8 Å². The van der Waals surface area contributed by atoms with E-state index in [4.69, 9.17) is 9.84 Å². The van der Waals surface area contributed by atoms with Gasteiger partial charge in [-0.25, -0.2) is 0 Å². The Morgan fingerprint density at radius 1 is 1.69 bits per heavy atom. The van der Waals surface area contributed by atoms with Crippen molar-refractivity contribution >= 4 is 5.91 Å². The van der Waals surface area contributed by atoms with E-state index in [0.717, 1.165) is 0 Å². The molecule has 0 aliphatic rings. The summed E-state index contributed by atoms with van der Waals surface area (Å²) in [6, 6.07) is 1.52. The first-order valence-electron chi connectivity index (χ1n) is 5.08. The molecule has 88 valence electrons. The van der Waals surface area contributed by atoms with Crippen LogP contribution in [0.5, 0.6) is 5.75 Å². The predicted molar refractivity (Wildman–Crippen MR) is 59.4 cm³/mol. The number of amides is 1. The van der Waals surface area contributed by atoms with Crippen molar-refractivity contribution in [1.82, 2.24) is 10.3 Å². The van der Waals surface area contributed by atoms with Crippen molar-refractivity contribution in [1.29, 1.82) is 0 Å². The van der Waals surface area contributed by atoms with Crippen molar-refractivity contribution in [2.45, 2.75) is 19.4 Å².